The number of nitrogens with zero attached hydrogens (tertiary/aromatic N) is 6. The maximum atomic E-state index is 13.5. The summed E-state index contributed by atoms with van der Waals surface area (Å²) in [5, 5.41) is 13.0. The summed E-state index contributed by atoms with van der Waals surface area (Å²) in [5.74, 6) is 1.34. The number of carbonyl (C=O) groups excluding carboxylic acids is 1. The van der Waals surface area contributed by atoms with Crippen molar-refractivity contribution >= 4 is 23.0 Å². The smallest absolute Gasteiger partial charge is 0.407 e. The molecule has 0 bridgehead atoms. The lowest BCUT2D eigenvalue weighted by atomic mass is 10.0. The molecule has 2 aromatic carbocycles. The van der Waals surface area contributed by atoms with Gasteiger partial charge in [-0.05, 0) is 55.8 Å². The molecule has 2 fully saturated rings. The first-order valence-electron chi connectivity index (χ1n) is 16.2. The average molecular weight is 634 g/mol. The fourth-order valence-electron chi connectivity index (χ4n) is 6.87. The maximum absolute atomic E-state index is 13.5. The van der Waals surface area contributed by atoms with E-state index in [0.717, 1.165) is 81.3 Å². The normalized spacial score (nSPS) is 18.7. The van der Waals surface area contributed by atoms with Crippen LogP contribution in [0.1, 0.15) is 63.3 Å². The first-order chi connectivity index (χ1) is 22.8. The highest BCUT2D eigenvalue weighted by atomic mass is 16.4. The molecule has 4 N–H and O–H groups in total. The van der Waals surface area contributed by atoms with Crippen LogP contribution < -0.4 is 5.32 Å². The number of rotatable bonds is 8. The number of fused-ring (bicyclic) bond motifs is 1. The van der Waals surface area contributed by atoms with Crippen LogP contribution in [0.3, 0.4) is 0 Å². The summed E-state index contributed by atoms with van der Waals surface area (Å²) in [7, 11) is 1.45. The molecule has 7 rings (SSSR count). The Balaban J connectivity index is 1.06. The Labute approximate surface area is 272 Å². The molecule has 2 saturated heterocycles. The average Bonchev–Trinajstić information content (AvgIpc) is 3.91. The van der Waals surface area contributed by atoms with Gasteiger partial charge >= 0.3 is 6.09 Å². The number of H-pyrrole nitrogens is 2. The van der Waals surface area contributed by atoms with Gasteiger partial charge in [-0.15, -0.1) is 0 Å². The second-order valence-electron chi connectivity index (χ2n) is 12.8. The number of aromatic amines is 2. The standard InChI is InChI=1S/C35H39N9O3/c1-20(2)31(43(3)35(46)47)34(45)44-15-5-7-30(44)33-39-18-28(42-33)22-10-8-21(9-11-22)27-17-37-26-16-23(12-13-24(26)40-27)29-19-38-32(41-29)25-6-4-14-36-25/h8-13,16-20,25,30-31,36H,4-7,14-15H2,1-3H3,(H,38,41)(H,39,42)(H,46,47)/t25-,30-,31-/m0/s1. The van der Waals surface area contributed by atoms with Gasteiger partial charge in [0.15, 0.2) is 0 Å². The molecule has 0 spiro atoms. The van der Waals surface area contributed by atoms with E-state index in [1.807, 2.05) is 62.5 Å². The predicted octanol–water partition coefficient (Wildman–Crippen LogP) is 5.80. The Morgan fingerprint density at radius 2 is 1.57 bits per heavy atom. The summed E-state index contributed by atoms with van der Waals surface area (Å²) < 4.78 is 0. The van der Waals surface area contributed by atoms with Crippen LogP contribution in [0.5, 0.6) is 0 Å². The molecule has 12 heteroatoms. The summed E-state index contributed by atoms with van der Waals surface area (Å²) in [5.41, 5.74) is 7.16. The van der Waals surface area contributed by atoms with Gasteiger partial charge in [0.25, 0.3) is 0 Å². The van der Waals surface area contributed by atoms with Crippen LogP contribution >= 0.6 is 0 Å². The quantitative estimate of drug-likeness (QED) is 0.167. The first-order valence-corrected chi connectivity index (χ1v) is 16.2. The number of imidazole rings is 2. The van der Waals surface area contributed by atoms with Gasteiger partial charge in [-0.2, -0.15) is 0 Å². The van der Waals surface area contributed by atoms with Crippen LogP contribution in [0.15, 0.2) is 61.1 Å². The Hall–Kier alpha value is -5.10. The van der Waals surface area contributed by atoms with Crippen molar-refractivity contribution in [3.05, 3.63) is 72.7 Å². The summed E-state index contributed by atoms with van der Waals surface area (Å²) in [6.45, 7) is 5.34. The van der Waals surface area contributed by atoms with E-state index in [9.17, 15) is 14.7 Å². The molecule has 0 aliphatic carbocycles. The monoisotopic (exact) mass is 633 g/mol. The molecule has 0 unspecified atom stereocenters. The van der Waals surface area contributed by atoms with E-state index in [1.165, 1.54) is 13.5 Å². The van der Waals surface area contributed by atoms with Crippen molar-refractivity contribution in [2.75, 3.05) is 20.1 Å². The molecule has 2 aliphatic heterocycles. The van der Waals surface area contributed by atoms with Crippen molar-refractivity contribution in [3.8, 4) is 33.8 Å². The Kier molecular flexibility index (Phi) is 8.19. The molecule has 0 radical (unpaired) electrons. The van der Waals surface area contributed by atoms with Crippen LogP contribution in [0.4, 0.5) is 4.79 Å². The Bertz CT molecular complexity index is 1910. The lowest BCUT2D eigenvalue weighted by Gasteiger charge is -2.33. The van der Waals surface area contributed by atoms with Crippen molar-refractivity contribution in [1.82, 2.24) is 45.0 Å². The SMILES string of the molecule is CC(C)[C@@H](C(=O)N1CCC[C@H]1c1ncc(-c2ccc(-c3cnc4cc(-c5cnc([C@@H]6CCCN6)[nH]5)ccc4n3)cc2)[nH]1)N(C)C(=O)O. The number of hydrogen-bond donors (Lipinski definition) is 4. The van der Waals surface area contributed by atoms with Crippen molar-refractivity contribution < 1.29 is 14.7 Å². The number of nitrogens with one attached hydrogen (secondary N) is 3. The predicted molar refractivity (Wildman–Crippen MR) is 178 cm³/mol. The van der Waals surface area contributed by atoms with Crippen molar-refractivity contribution in [2.24, 2.45) is 5.92 Å². The number of benzene rings is 2. The summed E-state index contributed by atoms with van der Waals surface area (Å²) >= 11 is 0. The van der Waals surface area contributed by atoms with Gasteiger partial charge in [-0.3, -0.25) is 14.7 Å². The zero-order valence-corrected chi connectivity index (χ0v) is 26.8. The minimum absolute atomic E-state index is 0.158. The highest BCUT2D eigenvalue weighted by Gasteiger charge is 2.39. The lowest BCUT2D eigenvalue weighted by Crippen LogP contribution is -2.51. The van der Waals surface area contributed by atoms with Gasteiger partial charge in [0.1, 0.15) is 17.7 Å². The zero-order chi connectivity index (χ0) is 32.7. The highest BCUT2D eigenvalue weighted by Crippen LogP contribution is 2.34. The maximum Gasteiger partial charge on any atom is 0.407 e. The fraction of sp³-hybridized carbons (Fsp3) is 0.371. The number of likely N-dealkylation sites (tertiary alicyclic amines) is 1. The number of carboxylic acid groups (broad SMARTS) is 1. The number of carbonyl (C=O) groups is 2. The van der Waals surface area contributed by atoms with E-state index >= 15 is 0 Å². The molecule has 0 saturated carbocycles. The van der Waals surface area contributed by atoms with Crippen LogP contribution in [0.2, 0.25) is 0 Å². The molecule has 5 aromatic rings. The molecule has 242 valence electrons. The van der Waals surface area contributed by atoms with Gasteiger partial charge in [0.05, 0.1) is 58.8 Å². The largest absolute Gasteiger partial charge is 0.465 e. The zero-order valence-electron chi connectivity index (χ0n) is 26.8. The van der Waals surface area contributed by atoms with E-state index in [2.05, 4.69) is 25.3 Å². The van der Waals surface area contributed by atoms with Gasteiger partial charge in [-0.25, -0.2) is 19.7 Å². The van der Waals surface area contributed by atoms with Crippen molar-refractivity contribution in [3.63, 3.8) is 0 Å². The number of hydrogen-bond acceptors (Lipinski definition) is 7. The molecule has 3 atom stereocenters. The lowest BCUT2D eigenvalue weighted by molar-refractivity contribution is -0.138. The second kappa shape index (κ2) is 12.6. The molecule has 5 heterocycles. The van der Waals surface area contributed by atoms with Crippen LogP contribution in [0, 0.1) is 5.92 Å². The van der Waals surface area contributed by atoms with Gasteiger partial charge in [0.2, 0.25) is 5.91 Å². The number of aromatic nitrogens is 6. The van der Waals surface area contributed by atoms with Gasteiger partial charge < -0.3 is 25.3 Å². The van der Waals surface area contributed by atoms with E-state index in [-0.39, 0.29) is 17.9 Å². The molecule has 12 nitrogen and oxygen atoms in total. The third-order valence-electron chi connectivity index (χ3n) is 9.38. The van der Waals surface area contributed by atoms with E-state index in [4.69, 9.17) is 9.97 Å². The summed E-state index contributed by atoms with van der Waals surface area (Å²) in [6, 6.07) is 13.5. The van der Waals surface area contributed by atoms with E-state index in [0.29, 0.717) is 18.4 Å². The fourth-order valence-corrected chi connectivity index (χ4v) is 6.87. The molecule has 2 amide bonds. The number of amides is 2. The topological polar surface area (TPSA) is 156 Å². The van der Waals surface area contributed by atoms with Crippen molar-refractivity contribution in [1.29, 1.82) is 0 Å². The molecule has 2 aliphatic rings. The molecule has 3 aromatic heterocycles. The summed E-state index contributed by atoms with van der Waals surface area (Å²) in [4.78, 5) is 53.8. The minimum Gasteiger partial charge on any atom is -0.465 e. The number of likely N-dealkylation sites (N-methyl/N-ethyl adjacent to an activating group) is 1. The van der Waals surface area contributed by atoms with E-state index in [1.54, 1.807) is 17.3 Å². The Morgan fingerprint density at radius 3 is 2.30 bits per heavy atom. The second-order valence-corrected chi connectivity index (χ2v) is 12.8. The molecular formula is C35H39N9O3. The van der Waals surface area contributed by atoms with Crippen LogP contribution in [0.25, 0.3) is 44.8 Å². The van der Waals surface area contributed by atoms with Gasteiger partial charge in [-0.1, -0.05) is 44.2 Å². The minimum atomic E-state index is -1.11. The van der Waals surface area contributed by atoms with E-state index < -0.39 is 12.1 Å². The molecular weight excluding hydrogens is 594 g/mol. The van der Waals surface area contributed by atoms with Crippen molar-refractivity contribution in [2.45, 2.75) is 57.7 Å². The third-order valence-corrected chi connectivity index (χ3v) is 9.38. The van der Waals surface area contributed by atoms with Crippen LogP contribution in [-0.4, -0.2) is 83.0 Å². The first kappa shape index (κ1) is 30.5. The molecule has 47 heavy (non-hydrogen) atoms. The van der Waals surface area contributed by atoms with Crippen LogP contribution in [-0.2, 0) is 4.79 Å². The summed E-state index contributed by atoms with van der Waals surface area (Å²) in [6.07, 6.45) is 8.22. The third kappa shape index (κ3) is 5.96. The highest BCUT2D eigenvalue weighted by molar-refractivity contribution is 5.86. The van der Waals surface area contributed by atoms with Gasteiger partial charge in [0, 0.05) is 24.7 Å². The Morgan fingerprint density at radius 1 is 0.872 bits per heavy atom.